The van der Waals surface area contributed by atoms with Gasteiger partial charge in [-0.05, 0) is 11.6 Å². The number of hydrazone groups is 1. The molecule has 0 unspecified atom stereocenters. The number of phenols is 1. The van der Waals surface area contributed by atoms with E-state index in [-0.39, 0.29) is 5.75 Å². The van der Waals surface area contributed by atoms with E-state index in [0.717, 1.165) is 28.0 Å². The number of hydrogen-bond donors (Lipinski definition) is 2. The van der Waals surface area contributed by atoms with Crippen LogP contribution in [0.15, 0.2) is 47.6 Å². The highest BCUT2D eigenvalue weighted by molar-refractivity contribution is 6.25. The Bertz CT molecular complexity index is 603. The second kappa shape index (κ2) is 3.10. The van der Waals surface area contributed by atoms with Crippen molar-refractivity contribution in [2.45, 2.75) is 0 Å². The summed E-state index contributed by atoms with van der Waals surface area (Å²) in [5.41, 5.74) is 4.41. The number of nitrogens with two attached hydrogens (primary N) is 1. The van der Waals surface area contributed by atoms with Crippen LogP contribution >= 0.6 is 0 Å². The third-order valence-corrected chi connectivity index (χ3v) is 2.88. The Labute approximate surface area is 92.8 Å². The molecule has 2 aromatic rings. The Kier molecular flexibility index (Phi) is 1.74. The van der Waals surface area contributed by atoms with E-state index < -0.39 is 0 Å². The van der Waals surface area contributed by atoms with E-state index >= 15 is 0 Å². The van der Waals surface area contributed by atoms with E-state index in [4.69, 9.17) is 5.84 Å². The van der Waals surface area contributed by atoms with Crippen LogP contribution in [0.4, 0.5) is 0 Å². The number of aromatic hydroxyl groups is 1. The van der Waals surface area contributed by atoms with E-state index in [1.165, 1.54) is 0 Å². The molecule has 0 radical (unpaired) electrons. The number of rotatable bonds is 0. The Hall–Kier alpha value is -2.29. The molecule has 0 heterocycles. The van der Waals surface area contributed by atoms with E-state index in [1.54, 1.807) is 12.1 Å². The van der Waals surface area contributed by atoms with Gasteiger partial charge in [0.25, 0.3) is 0 Å². The summed E-state index contributed by atoms with van der Waals surface area (Å²) in [6.45, 7) is 0. The van der Waals surface area contributed by atoms with Crippen molar-refractivity contribution in [3.63, 3.8) is 0 Å². The van der Waals surface area contributed by atoms with Gasteiger partial charge in [-0.3, -0.25) is 0 Å². The van der Waals surface area contributed by atoms with Crippen LogP contribution in [0.25, 0.3) is 11.1 Å². The summed E-state index contributed by atoms with van der Waals surface area (Å²) in [6, 6.07) is 13.2. The van der Waals surface area contributed by atoms with Crippen molar-refractivity contribution in [1.29, 1.82) is 0 Å². The number of nitrogens with zero attached hydrogens (tertiary/aromatic N) is 1. The topological polar surface area (TPSA) is 58.6 Å². The first-order chi connectivity index (χ1) is 7.83. The lowest BCUT2D eigenvalue weighted by Crippen LogP contribution is -2.01. The third kappa shape index (κ3) is 0.997. The van der Waals surface area contributed by atoms with Gasteiger partial charge < -0.3 is 10.9 Å². The highest BCUT2D eigenvalue weighted by Crippen LogP contribution is 2.41. The van der Waals surface area contributed by atoms with Crippen molar-refractivity contribution in [3.05, 3.63) is 53.6 Å². The van der Waals surface area contributed by atoms with Crippen molar-refractivity contribution in [2.75, 3.05) is 0 Å². The van der Waals surface area contributed by atoms with Crippen molar-refractivity contribution < 1.29 is 5.11 Å². The molecule has 78 valence electrons. The van der Waals surface area contributed by atoms with Gasteiger partial charge in [-0.15, -0.1) is 0 Å². The Morgan fingerprint density at radius 3 is 2.31 bits per heavy atom. The zero-order valence-corrected chi connectivity index (χ0v) is 8.51. The van der Waals surface area contributed by atoms with Gasteiger partial charge in [0.1, 0.15) is 5.75 Å². The fraction of sp³-hybridized carbons (Fsp3) is 0. The van der Waals surface area contributed by atoms with Crippen LogP contribution in [-0.2, 0) is 0 Å². The van der Waals surface area contributed by atoms with Crippen LogP contribution < -0.4 is 5.84 Å². The highest BCUT2D eigenvalue weighted by Gasteiger charge is 2.26. The molecule has 1 aliphatic rings. The zero-order chi connectivity index (χ0) is 11.1. The predicted molar refractivity (Wildman–Crippen MR) is 63.4 cm³/mol. The summed E-state index contributed by atoms with van der Waals surface area (Å²) >= 11 is 0. The largest absolute Gasteiger partial charge is 0.507 e. The number of hydrogen-bond acceptors (Lipinski definition) is 3. The lowest BCUT2D eigenvalue weighted by atomic mass is 10.1. The second-order valence-electron chi connectivity index (χ2n) is 3.72. The summed E-state index contributed by atoms with van der Waals surface area (Å²) in [6.07, 6.45) is 0. The Morgan fingerprint density at radius 2 is 1.56 bits per heavy atom. The SMILES string of the molecule is N/N=C1\c2ccccc2-c2c(O)cccc21. The summed E-state index contributed by atoms with van der Waals surface area (Å²) in [5.74, 6) is 5.69. The van der Waals surface area contributed by atoms with E-state index in [0.29, 0.717) is 0 Å². The Balaban J connectivity index is 2.45. The normalized spacial score (nSPS) is 14.9. The van der Waals surface area contributed by atoms with Gasteiger partial charge in [0.15, 0.2) is 0 Å². The van der Waals surface area contributed by atoms with Gasteiger partial charge in [-0.2, -0.15) is 5.10 Å². The van der Waals surface area contributed by atoms with E-state index in [9.17, 15) is 5.11 Å². The van der Waals surface area contributed by atoms with Gasteiger partial charge in [0, 0.05) is 16.7 Å². The molecular formula is C13H10N2O. The summed E-state index contributed by atoms with van der Waals surface area (Å²) in [7, 11) is 0. The molecule has 3 heteroatoms. The third-order valence-electron chi connectivity index (χ3n) is 2.88. The first kappa shape index (κ1) is 8.97. The summed E-state index contributed by atoms with van der Waals surface area (Å²) in [5, 5.41) is 13.7. The fourth-order valence-corrected chi connectivity index (χ4v) is 2.21. The molecule has 0 aliphatic heterocycles. The molecule has 0 aromatic heterocycles. The number of benzene rings is 2. The molecule has 3 rings (SSSR count). The molecule has 3 nitrogen and oxygen atoms in total. The minimum atomic E-state index is 0.267. The number of phenolic OH excluding ortho intramolecular Hbond substituents is 1. The maximum Gasteiger partial charge on any atom is 0.124 e. The average Bonchev–Trinajstić information content (AvgIpc) is 2.64. The smallest absolute Gasteiger partial charge is 0.124 e. The maximum atomic E-state index is 9.90. The minimum absolute atomic E-state index is 0.267. The van der Waals surface area contributed by atoms with Gasteiger partial charge in [-0.1, -0.05) is 36.4 Å². The molecule has 1 aliphatic carbocycles. The molecule has 3 N–H and O–H groups in total. The predicted octanol–water partition coefficient (Wildman–Crippen LogP) is 2.08. The molecule has 0 saturated carbocycles. The monoisotopic (exact) mass is 210 g/mol. The Morgan fingerprint density at radius 1 is 0.875 bits per heavy atom. The first-order valence-corrected chi connectivity index (χ1v) is 5.03. The van der Waals surface area contributed by atoms with Crippen LogP contribution in [-0.4, -0.2) is 10.8 Å². The zero-order valence-electron chi connectivity index (χ0n) is 8.51. The molecule has 16 heavy (non-hydrogen) atoms. The fourth-order valence-electron chi connectivity index (χ4n) is 2.21. The molecule has 0 fully saturated rings. The molecule has 0 amide bonds. The lowest BCUT2D eigenvalue weighted by Gasteiger charge is -2.01. The quantitative estimate of drug-likeness (QED) is 0.441. The molecule has 0 spiro atoms. The lowest BCUT2D eigenvalue weighted by molar-refractivity contribution is 0.477. The standard InChI is InChI=1S/C13H10N2O/c14-15-13-9-5-2-1-4-8(9)12-10(13)6-3-7-11(12)16/h1-7,16H,14H2/b15-13+. The number of fused-ring (bicyclic) bond motifs is 3. The van der Waals surface area contributed by atoms with Gasteiger partial charge in [-0.25, -0.2) is 0 Å². The minimum Gasteiger partial charge on any atom is -0.507 e. The van der Waals surface area contributed by atoms with Crippen molar-refractivity contribution in [3.8, 4) is 16.9 Å². The molecule has 0 saturated heterocycles. The van der Waals surface area contributed by atoms with Crippen molar-refractivity contribution in [1.82, 2.24) is 0 Å². The maximum absolute atomic E-state index is 9.90. The highest BCUT2D eigenvalue weighted by atomic mass is 16.3. The second-order valence-corrected chi connectivity index (χ2v) is 3.72. The summed E-state index contributed by atoms with van der Waals surface area (Å²) in [4.78, 5) is 0. The summed E-state index contributed by atoms with van der Waals surface area (Å²) < 4.78 is 0. The first-order valence-electron chi connectivity index (χ1n) is 5.03. The van der Waals surface area contributed by atoms with E-state index in [1.807, 2.05) is 30.3 Å². The van der Waals surface area contributed by atoms with Crippen LogP contribution in [0.3, 0.4) is 0 Å². The van der Waals surface area contributed by atoms with Crippen molar-refractivity contribution >= 4 is 5.71 Å². The van der Waals surface area contributed by atoms with E-state index in [2.05, 4.69) is 5.10 Å². The van der Waals surface area contributed by atoms with Crippen LogP contribution in [0, 0.1) is 0 Å². The van der Waals surface area contributed by atoms with Gasteiger partial charge in [0.2, 0.25) is 0 Å². The average molecular weight is 210 g/mol. The molecular weight excluding hydrogens is 200 g/mol. The van der Waals surface area contributed by atoms with Crippen LogP contribution in [0.5, 0.6) is 5.75 Å². The van der Waals surface area contributed by atoms with Gasteiger partial charge in [0.05, 0.1) is 5.71 Å². The van der Waals surface area contributed by atoms with Gasteiger partial charge >= 0.3 is 0 Å². The van der Waals surface area contributed by atoms with Crippen molar-refractivity contribution in [2.24, 2.45) is 10.9 Å². The van der Waals surface area contributed by atoms with Crippen LogP contribution in [0.2, 0.25) is 0 Å². The van der Waals surface area contributed by atoms with Crippen LogP contribution in [0.1, 0.15) is 11.1 Å². The molecule has 0 atom stereocenters. The molecule has 2 aromatic carbocycles. The molecule has 0 bridgehead atoms.